The maximum atomic E-state index is 5.56. The monoisotopic (exact) mass is 198 g/mol. The summed E-state index contributed by atoms with van der Waals surface area (Å²) in [5.74, 6) is 0. The Kier molecular flexibility index (Phi) is 3.93. The Morgan fingerprint density at radius 1 is 1.55 bits per heavy atom. The average Bonchev–Trinajstić information content (AvgIpc) is 2.37. The molecule has 2 unspecified atom stereocenters. The molecule has 1 aliphatic rings. The highest BCUT2D eigenvalue weighted by molar-refractivity contribution is 6.44. The summed E-state index contributed by atoms with van der Waals surface area (Å²) in [6.07, 6.45) is 1.87. The summed E-state index contributed by atoms with van der Waals surface area (Å²) < 4.78 is 10.6. The van der Waals surface area contributed by atoms with Crippen molar-refractivity contribution < 1.29 is 9.47 Å². The molecule has 4 heteroatoms. The van der Waals surface area contributed by atoms with E-state index in [0.29, 0.717) is 6.61 Å². The van der Waals surface area contributed by atoms with Crippen molar-refractivity contribution in [2.24, 2.45) is 0 Å². The van der Waals surface area contributed by atoms with E-state index in [1.165, 1.54) is 0 Å². The first-order valence-electron chi connectivity index (χ1n) is 3.79. The van der Waals surface area contributed by atoms with Crippen molar-refractivity contribution >= 4 is 23.2 Å². The standard InChI is InChI=1S/C7H12Cl2O2/c1-2-3-5-4-10-7(11-5)6(8)9/h5-7H,2-4H2,1H3. The van der Waals surface area contributed by atoms with Gasteiger partial charge in [0.05, 0.1) is 12.7 Å². The molecule has 2 atom stereocenters. The van der Waals surface area contributed by atoms with Crippen molar-refractivity contribution in [3.05, 3.63) is 0 Å². The number of alkyl halides is 2. The van der Waals surface area contributed by atoms with Gasteiger partial charge in [0.25, 0.3) is 0 Å². The number of hydrogen-bond donors (Lipinski definition) is 0. The van der Waals surface area contributed by atoms with Crippen LogP contribution < -0.4 is 0 Å². The molecule has 1 rings (SSSR count). The van der Waals surface area contributed by atoms with Crippen molar-refractivity contribution in [3.8, 4) is 0 Å². The van der Waals surface area contributed by atoms with E-state index in [9.17, 15) is 0 Å². The first-order valence-corrected chi connectivity index (χ1v) is 4.66. The molecule has 2 nitrogen and oxygen atoms in total. The molecule has 0 saturated carbocycles. The highest BCUT2D eigenvalue weighted by Crippen LogP contribution is 2.22. The summed E-state index contributed by atoms with van der Waals surface area (Å²) in [6.45, 7) is 2.73. The van der Waals surface area contributed by atoms with Gasteiger partial charge in [-0.05, 0) is 6.42 Å². The van der Waals surface area contributed by atoms with Crippen LogP contribution in [0.3, 0.4) is 0 Å². The van der Waals surface area contributed by atoms with Crippen LogP contribution in [-0.2, 0) is 9.47 Å². The van der Waals surface area contributed by atoms with E-state index in [4.69, 9.17) is 32.7 Å². The summed E-state index contributed by atoms with van der Waals surface area (Å²) in [7, 11) is 0. The minimum absolute atomic E-state index is 0.185. The number of rotatable bonds is 3. The molecular formula is C7H12Cl2O2. The minimum Gasteiger partial charge on any atom is -0.347 e. The smallest absolute Gasteiger partial charge is 0.188 e. The molecule has 0 aliphatic carbocycles. The fourth-order valence-electron chi connectivity index (χ4n) is 1.08. The van der Waals surface area contributed by atoms with Gasteiger partial charge in [-0.1, -0.05) is 36.5 Å². The highest BCUT2D eigenvalue weighted by Gasteiger charge is 2.29. The maximum absolute atomic E-state index is 5.56. The van der Waals surface area contributed by atoms with Gasteiger partial charge in [-0.15, -0.1) is 0 Å². The molecule has 1 heterocycles. The van der Waals surface area contributed by atoms with Gasteiger partial charge >= 0.3 is 0 Å². The fourth-order valence-corrected chi connectivity index (χ4v) is 1.34. The quantitative estimate of drug-likeness (QED) is 0.649. The predicted octanol–water partition coefficient (Wildman–Crippen LogP) is 2.33. The summed E-state index contributed by atoms with van der Waals surface area (Å²) in [5, 5.41) is 0. The molecule has 1 fully saturated rings. The molecule has 11 heavy (non-hydrogen) atoms. The lowest BCUT2D eigenvalue weighted by Crippen LogP contribution is -2.18. The highest BCUT2D eigenvalue weighted by atomic mass is 35.5. The van der Waals surface area contributed by atoms with E-state index in [2.05, 4.69) is 6.92 Å². The number of hydrogen-bond acceptors (Lipinski definition) is 2. The second kappa shape index (κ2) is 4.51. The van der Waals surface area contributed by atoms with E-state index in [1.54, 1.807) is 0 Å². The third-order valence-corrected chi connectivity index (χ3v) is 2.00. The zero-order valence-electron chi connectivity index (χ0n) is 6.43. The van der Waals surface area contributed by atoms with Crippen LogP contribution in [0.2, 0.25) is 0 Å². The van der Waals surface area contributed by atoms with Gasteiger partial charge in [0, 0.05) is 0 Å². The summed E-state index contributed by atoms with van der Waals surface area (Å²) in [6, 6.07) is 0. The van der Waals surface area contributed by atoms with Gasteiger partial charge < -0.3 is 9.47 Å². The molecule has 0 bridgehead atoms. The van der Waals surface area contributed by atoms with Crippen LogP contribution in [0.15, 0.2) is 0 Å². The second-order valence-corrected chi connectivity index (χ2v) is 3.75. The summed E-state index contributed by atoms with van der Waals surface area (Å²) >= 11 is 11.1. The second-order valence-electron chi connectivity index (χ2n) is 2.58. The Balaban J connectivity index is 2.23. The maximum Gasteiger partial charge on any atom is 0.188 e. The fraction of sp³-hybridized carbons (Fsp3) is 1.00. The molecule has 0 aromatic carbocycles. The summed E-state index contributed by atoms with van der Waals surface area (Å²) in [5.41, 5.74) is 0. The van der Waals surface area contributed by atoms with Gasteiger partial charge in [-0.3, -0.25) is 0 Å². The first-order chi connectivity index (χ1) is 5.24. The van der Waals surface area contributed by atoms with Crippen LogP contribution in [0.4, 0.5) is 0 Å². The molecule has 66 valence electrons. The Hall–Kier alpha value is 0.500. The number of halogens is 2. The molecular weight excluding hydrogens is 187 g/mol. The lowest BCUT2D eigenvalue weighted by molar-refractivity contribution is -0.0473. The molecule has 1 saturated heterocycles. The Bertz CT molecular complexity index is 119. The average molecular weight is 199 g/mol. The van der Waals surface area contributed by atoms with Gasteiger partial charge in [0.1, 0.15) is 0 Å². The number of ether oxygens (including phenoxy) is 2. The van der Waals surface area contributed by atoms with Crippen molar-refractivity contribution in [3.63, 3.8) is 0 Å². The topological polar surface area (TPSA) is 18.5 Å². The third-order valence-electron chi connectivity index (χ3n) is 1.59. The van der Waals surface area contributed by atoms with Crippen LogP contribution in [-0.4, -0.2) is 23.8 Å². The normalized spacial score (nSPS) is 31.6. The zero-order valence-corrected chi connectivity index (χ0v) is 7.94. The van der Waals surface area contributed by atoms with Gasteiger partial charge in [-0.25, -0.2) is 0 Å². The van der Waals surface area contributed by atoms with Crippen molar-refractivity contribution in [1.29, 1.82) is 0 Å². The largest absolute Gasteiger partial charge is 0.347 e. The van der Waals surface area contributed by atoms with Crippen LogP contribution in [0.25, 0.3) is 0 Å². The van der Waals surface area contributed by atoms with Crippen LogP contribution in [0.5, 0.6) is 0 Å². The van der Waals surface area contributed by atoms with Crippen LogP contribution in [0.1, 0.15) is 19.8 Å². The van der Waals surface area contributed by atoms with Crippen molar-refractivity contribution in [2.45, 2.75) is 37.0 Å². The minimum atomic E-state index is -0.572. The summed E-state index contributed by atoms with van der Waals surface area (Å²) in [4.78, 5) is -0.572. The Morgan fingerprint density at radius 3 is 2.73 bits per heavy atom. The first kappa shape index (κ1) is 9.59. The molecule has 0 spiro atoms. The van der Waals surface area contributed by atoms with Gasteiger partial charge in [0.2, 0.25) is 0 Å². The van der Waals surface area contributed by atoms with Crippen molar-refractivity contribution in [1.82, 2.24) is 0 Å². The van der Waals surface area contributed by atoms with E-state index in [1.807, 2.05) is 0 Å². The molecule has 0 aromatic rings. The van der Waals surface area contributed by atoms with E-state index < -0.39 is 11.1 Å². The van der Waals surface area contributed by atoms with Crippen LogP contribution in [0, 0.1) is 0 Å². The lowest BCUT2D eigenvalue weighted by atomic mass is 10.2. The molecule has 0 amide bonds. The van der Waals surface area contributed by atoms with E-state index >= 15 is 0 Å². The molecule has 0 radical (unpaired) electrons. The van der Waals surface area contributed by atoms with Gasteiger partial charge in [-0.2, -0.15) is 0 Å². The van der Waals surface area contributed by atoms with Gasteiger partial charge in [0.15, 0.2) is 11.1 Å². The lowest BCUT2D eigenvalue weighted by Gasteiger charge is -2.10. The zero-order chi connectivity index (χ0) is 8.27. The van der Waals surface area contributed by atoms with Crippen molar-refractivity contribution in [2.75, 3.05) is 6.61 Å². The Morgan fingerprint density at radius 2 is 2.27 bits per heavy atom. The predicted molar refractivity (Wildman–Crippen MR) is 45.0 cm³/mol. The molecule has 0 N–H and O–H groups in total. The van der Waals surface area contributed by atoms with E-state index in [-0.39, 0.29) is 6.10 Å². The molecule has 1 aliphatic heterocycles. The third kappa shape index (κ3) is 2.79. The molecule has 0 aromatic heterocycles. The Labute approximate surface area is 76.8 Å². The van der Waals surface area contributed by atoms with E-state index in [0.717, 1.165) is 12.8 Å². The SMILES string of the molecule is CCCC1COC(C(Cl)Cl)O1. The van der Waals surface area contributed by atoms with Crippen LogP contribution >= 0.6 is 23.2 Å².